The molecule has 0 aromatic heterocycles. The summed E-state index contributed by atoms with van der Waals surface area (Å²) in [5.41, 5.74) is 4.67. The van der Waals surface area contributed by atoms with Crippen molar-refractivity contribution in [2.45, 2.75) is 33.7 Å². The third kappa shape index (κ3) is 1.64. The molecule has 0 aliphatic carbocycles. The normalized spacial score (nSPS) is 14.3. The van der Waals surface area contributed by atoms with E-state index in [2.05, 4.69) is 5.32 Å². The average molecular weight is 196 g/mol. The van der Waals surface area contributed by atoms with Crippen LogP contribution >= 0.6 is 0 Å². The summed E-state index contributed by atoms with van der Waals surface area (Å²) < 4.78 is 0. The summed E-state index contributed by atoms with van der Waals surface area (Å²) in [5.74, 6) is 0. The van der Waals surface area contributed by atoms with Gasteiger partial charge in [0.25, 0.3) is 10.9 Å². The molecular weight excluding hydrogens is 180 g/mol. The van der Waals surface area contributed by atoms with E-state index in [1.54, 1.807) is 0 Å². The first-order valence-corrected chi connectivity index (χ1v) is 4.60. The number of rotatable bonds is 2. The van der Waals surface area contributed by atoms with Gasteiger partial charge in [0.2, 0.25) is 0 Å². The van der Waals surface area contributed by atoms with Crippen molar-refractivity contribution in [3.05, 3.63) is 20.4 Å². The van der Waals surface area contributed by atoms with E-state index in [0.717, 1.165) is 0 Å². The van der Waals surface area contributed by atoms with Crippen LogP contribution in [0.2, 0.25) is 0 Å². The molecule has 4 nitrogen and oxygen atoms in total. The van der Waals surface area contributed by atoms with Gasteiger partial charge in [-0.05, 0) is 12.3 Å². The molecule has 0 heterocycles. The van der Waals surface area contributed by atoms with E-state index < -0.39 is 10.9 Å². The van der Waals surface area contributed by atoms with Gasteiger partial charge >= 0.3 is 0 Å². The smallest absolute Gasteiger partial charge is 0.253 e. The van der Waals surface area contributed by atoms with E-state index in [1.165, 1.54) is 0 Å². The zero-order valence-electron chi connectivity index (χ0n) is 8.97. The van der Waals surface area contributed by atoms with Crippen LogP contribution in [0.15, 0.2) is 9.59 Å². The summed E-state index contributed by atoms with van der Waals surface area (Å²) >= 11 is 0. The fraction of sp³-hybridized carbons (Fsp3) is 0.600. The predicted octanol–water partition coefficient (Wildman–Crippen LogP) is 0.711. The van der Waals surface area contributed by atoms with Crippen molar-refractivity contribution in [1.29, 1.82) is 0 Å². The highest BCUT2D eigenvalue weighted by molar-refractivity contribution is 5.71. The molecule has 0 fully saturated rings. The van der Waals surface area contributed by atoms with Gasteiger partial charge in [0.05, 0.1) is 0 Å². The second-order valence-electron chi connectivity index (χ2n) is 4.68. The molecule has 3 N–H and O–H groups in total. The molecule has 0 spiro atoms. The molecule has 0 aliphatic rings. The van der Waals surface area contributed by atoms with Gasteiger partial charge in [0.15, 0.2) is 0 Å². The molecule has 0 saturated heterocycles. The molecule has 0 bridgehead atoms. The lowest BCUT2D eigenvalue weighted by atomic mass is 9.87. The summed E-state index contributed by atoms with van der Waals surface area (Å²) in [5, 5.41) is 2.97. The van der Waals surface area contributed by atoms with E-state index in [4.69, 9.17) is 5.73 Å². The van der Waals surface area contributed by atoms with Crippen molar-refractivity contribution in [1.82, 2.24) is 0 Å². The standard InChI is InChI=1S/C10H16N2O2/c1-5(10(2,3)4)12-7-6(11)8(13)9(7)14/h5,12H,11H2,1-4H3. The highest BCUT2D eigenvalue weighted by Gasteiger charge is 2.25. The predicted molar refractivity (Wildman–Crippen MR) is 58.3 cm³/mol. The Balaban J connectivity index is 2.83. The maximum atomic E-state index is 11.1. The molecule has 4 heteroatoms. The fourth-order valence-electron chi connectivity index (χ4n) is 0.985. The molecule has 1 aromatic carbocycles. The van der Waals surface area contributed by atoms with Crippen molar-refractivity contribution in [3.63, 3.8) is 0 Å². The minimum Gasteiger partial charge on any atom is -0.394 e. The van der Waals surface area contributed by atoms with Gasteiger partial charge in [-0.25, -0.2) is 0 Å². The molecule has 0 aliphatic heterocycles. The molecule has 1 rings (SSSR count). The Kier molecular flexibility index (Phi) is 2.39. The Morgan fingerprint density at radius 3 is 2.07 bits per heavy atom. The molecule has 0 radical (unpaired) electrons. The zero-order chi connectivity index (χ0) is 11.1. The van der Waals surface area contributed by atoms with Gasteiger partial charge in [-0.3, -0.25) is 9.59 Å². The lowest BCUT2D eigenvalue weighted by Crippen LogP contribution is -2.41. The maximum Gasteiger partial charge on any atom is 0.253 e. The number of nitrogen functional groups attached to an aromatic ring is 1. The van der Waals surface area contributed by atoms with Gasteiger partial charge in [0, 0.05) is 6.04 Å². The van der Waals surface area contributed by atoms with Crippen LogP contribution in [-0.2, 0) is 0 Å². The van der Waals surface area contributed by atoms with Gasteiger partial charge in [-0.1, -0.05) is 20.8 Å². The molecule has 0 amide bonds. The molecule has 14 heavy (non-hydrogen) atoms. The van der Waals surface area contributed by atoms with E-state index in [9.17, 15) is 9.59 Å². The van der Waals surface area contributed by atoms with Crippen LogP contribution in [0.4, 0.5) is 11.4 Å². The van der Waals surface area contributed by atoms with Crippen molar-refractivity contribution in [2.75, 3.05) is 11.1 Å². The van der Waals surface area contributed by atoms with Crippen LogP contribution in [-0.4, -0.2) is 6.04 Å². The largest absolute Gasteiger partial charge is 0.394 e. The van der Waals surface area contributed by atoms with Crippen LogP contribution in [0.5, 0.6) is 0 Å². The number of hydrogen-bond donors (Lipinski definition) is 2. The number of nitrogens with one attached hydrogen (secondary N) is 1. The van der Waals surface area contributed by atoms with E-state index in [0.29, 0.717) is 0 Å². The molecule has 1 atom stereocenters. The highest BCUT2D eigenvalue weighted by atomic mass is 16.2. The average Bonchev–Trinajstić information content (AvgIpc) is 2.10. The zero-order valence-corrected chi connectivity index (χ0v) is 8.97. The van der Waals surface area contributed by atoms with Gasteiger partial charge in [-0.15, -0.1) is 0 Å². The Labute approximate surface area is 82.8 Å². The SMILES string of the molecule is CC(Nc1c(N)c(=O)c1=O)C(C)(C)C. The monoisotopic (exact) mass is 196 g/mol. The number of nitrogens with two attached hydrogens (primary N) is 1. The summed E-state index contributed by atoms with van der Waals surface area (Å²) in [6, 6.07) is 0.0908. The second-order valence-corrected chi connectivity index (χ2v) is 4.68. The Bertz CT molecular complexity index is 408. The minimum absolute atomic E-state index is 0.0200. The topological polar surface area (TPSA) is 72.2 Å². The third-order valence-electron chi connectivity index (χ3n) is 2.61. The lowest BCUT2D eigenvalue weighted by molar-refractivity contribution is 0.359. The van der Waals surface area contributed by atoms with Crippen molar-refractivity contribution in [2.24, 2.45) is 5.41 Å². The van der Waals surface area contributed by atoms with Gasteiger partial charge in [-0.2, -0.15) is 0 Å². The summed E-state index contributed by atoms with van der Waals surface area (Å²) in [4.78, 5) is 21.9. The van der Waals surface area contributed by atoms with Crippen LogP contribution in [0.1, 0.15) is 27.7 Å². The molecular formula is C10H16N2O2. The van der Waals surface area contributed by atoms with Crippen LogP contribution in [0, 0.1) is 5.41 Å². The Morgan fingerprint density at radius 2 is 1.71 bits per heavy atom. The van der Waals surface area contributed by atoms with Crippen LogP contribution in [0.25, 0.3) is 0 Å². The Morgan fingerprint density at radius 1 is 1.21 bits per heavy atom. The molecule has 1 aromatic rings. The molecule has 0 saturated carbocycles. The summed E-state index contributed by atoms with van der Waals surface area (Å²) in [7, 11) is 0. The van der Waals surface area contributed by atoms with Crippen LogP contribution in [0.3, 0.4) is 0 Å². The number of hydrogen-bond acceptors (Lipinski definition) is 4. The minimum atomic E-state index is -0.575. The molecule has 78 valence electrons. The van der Waals surface area contributed by atoms with Crippen molar-refractivity contribution >= 4 is 11.4 Å². The van der Waals surface area contributed by atoms with Crippen molar-refractivity contribution < 1.29 is 0 Å². The van der Waals surface area contributed by atoms with Crippen molar-refractivity contribution in [3.8, 4) is 0 Å². The first-order chi connectivity index (χ1) is 6.25. The van der Waals surface area contributed by atoms with Crippen LogP contribution < -0.4 is 21.9 Å². The fourth-order valence-corrected chi connectivity index (χ4v) is 0.985. The van der Waals surface area contributed by atoms with Gasteiger partial charge in [0.1, 0.15) is 11.4 Å². The maximum absolute atomic E-state index is 11.1. The Hall–Kier alpha value is -1.32. The first kappa shape index (κ1) is 10.8. The molecule has 1 unspecified atom stereocenters. The first-order valence-electron chi connectivity index (χ1n) is 4.60. The highest BCUT2D eigenvalue weighted by Crippen LogP contribution is 2.23. The van der Waals surface area contributed by atoms with E-state index in [1.807, 2.05) is 27.7 Å². The quantitative estimate of drug-likeness (QED) is 0.683. The third-order valence-corrected chi connectivity index (χ3v) is 2.61. The second kappa shape index (κ2) is 3.12. The summed E-state index contributed by atoms with van der Waals surface area (Å²) in [6.07, 6.45) is 0. The summed E-state index contributed by atoms with van der Waals surface area (Å²) in [6.45, 7) is 8.10. The number of anilines is 2. The lowest BCUT2D eigenvalue weighted by Gasteiger charge is -2.29. The van der Waals surface area contributed by atoms with E-state index >= 15 is 0 Å². The van der Waals surface area contributed by atoms with Gasteiger partial charge < -0.3 is 11.1 Å². The van der Waals surface area contributed by atoms with E-state index in [-0.39, 0.29) is 22.8 Å².